The van der Waals surface area contributed by atoms with Crippen LogP contribution in [0.2, 0.25) is 0 Å². The zero-order valence-corrected chi connectivity index (χ0v) is 35.6. The van der Waals surface area contributed by atoms with E-state index in [1.807, 2.05) is 0 Å². The number of nitrogens with zero attached hydrogens (tertiary/aromatic N) is 3. The summed E-state index contributed by atoms with van der Waals surface area (Å²) >= 11 is 0. The molecule has 0 saturated carbocycles. The number of hydrogen-bond acceptors (Lipinski definition) is 4. The van der Waals surface area contributed by atoms with E-state index in [4.69, 9.17) is 4.74 Å². The number of fused-ring (bicyclic) bond motifs is 4. The standard InChI is InChI=1S/C60H42BN3O/c1-7-21-43(22-8-1)51-33-19-34-52(44-23-9-2-10-24-44)60(51)64-55-35-20-36-57-59(55)61(53-39-37-49(41-56(53)64)62(45-25-11-3-12-26-45)46-27-13-4-14-28-46)54-40-38-50(42-58(54)65-57)63(47-29-15-5-16-30-47)48-31-17-6-18-32-48/h1-42H. The largest absolute Gasteiger partial charge is 0.458 e. The topological polar surface area (TPSA) is 19.0 Å². The van der Waals surface area contributed by atoms with Crippen LogP contribution in [0.25, 0.3) is 22.3 Å². The van der Waals surface area contributed by atoms with Crippen LogP contribution in [-0.4, -0.2) is 6.71 Å². The van der Waals surface area contributed by atoms with E-state index in [9.17, 15) is 0 Å². The van der Waals surface area contributed by atoms with Crippen molar-refractivity contribution in [3.8, 4) is 33.8 Å². The van der Waals surface area contributed by atoms with Gasteiger partial charge in [-0.05, 0) is 106 Å². The molecular formula is C60H42BN3O. The second-order valence-electron chi connectivity index (χ2n) is 16.5. The smallest absolute Gasteiger partial charge is 0.256 e. The second kappa shape index (κ2) is 16.3. The van der Waals surface area contributed by atoms with Gasteiger partial charge < -0.3 is 19.4 Å². The van der Waals surface area contributed by atoms with Crippen LogP contribution in [0.5, 0.6) is 11.5 Å². The van der Waals surface area contributed by atoms with Crippen molar-refractivity contribution in [3.05, 3.63) is 255 Å². The van der Waals surface area contributed by atoms with Crippen LogP contribution in [0.1, 0.15) is 0 Å². The minimum atomic E-state index is -0.104. The molecule has 0 N–H and O–H groups in total. The van der Waals surface area contributed by atoms with Gasteiger partial charge in [0, 0.05) is 62.7 Å². The van der Waals surface area contributed by atoms with Gasteiger partial charge in [0.25, 0.3) is 6.71 Å². The second-order valence-corrected chi connectivity index (χ2v) is 16.5. The Kier molecular flexibility index (Phi) is 9.57. The fourth-order valence-corrected chi connectivity index (χ4v) is 9.86. The molecule has 65 heavy (non-hydrogen) atoms. The molecule has 306 valence electrons. The maximum Gasteiger partial charge on any atom is 0.256 e. The highest BCUT2D eigenvalue weighted by atomic mass is 16.5. The molecule has 10 aromatic carbocycles. The molecule has 0 aromatic heterocycles. The highest BCUT2D eigenvalue weighted by Gasteiger charge is 2.43. The van der Waals surface area contributed by atoms with Gasteiger partial charge in [-0.15, -0.1) is 0 Å². The lowest BCUT2D eigenvalue weighted by molar-refractivity contribution is 0.487. The van der Waals surface area contributed by atoms with Crippen molar-refractivity contribution in [1.29, 1.82) is 0 Å². The maximum atomic E-state index is 7.13. The number of hydrogen-bond donors (Lipinski definition) is 0. The van der Waals surface area contributed by atoms with Crippen LogP contribution < -0.4 is 35.8 Å². The van der Waals surface area contributed by atoms with Crippen molar-refractivity contribution in [3.63, 3.8) is 0 Å². The summed E-state index contributed by atoms with van der Waals surface area (Å²) in [5.41, 5.74) is 17.8. The quantitative estimate of drug-likeness (QED) is 0.135. The Morgan fingerprint density at radius 2 is 0.754 bits per heavy atom. The average Bonchev–Trinajstić information content (AvgIpc) is 3.38. The molecule has 4 nitrogen and oxygen atoms in total. The third-order valence-electron chi connectivity index (χ3n) is 12.7. The van der Waals surface area contributed by atoms with E-state index in [2.05, 4.69) is 269 Å². The Bertz CT molecular complexity index is 3160. The zero-order chi connectivity index (χ0) is 43.1. The first kappa shape index (κ1) is 38.2. The molecule has 2 aliphatic heterocycles. The number of para-hydroxylation sites is 5. The molecule has 10 aromatic rings. The van der Waals surface area contributed by atoms with Gasteiger partial charge in [0.15, 0.2) is 0 Å². The monoisotopic (exact) mass is 831 g/mol. The summed E-state index contributed by atoms with van der Waals surface area (Å²) in [5, 5.41) is 0. The van der Waals surface area contributed by atoms with Gasteiger partial charge in [0.2, 0.25) is 0 Å². The molecule has 12 rings (SSSR count). The van der Waals surface area contributed by atoms with Gasteiger partial charge in [-0.3, -0.25) is 0 Å². The molecule has 0 unspecified atom stereocenters. The molecule has 0 radical (unpaired) electrons. The average molecular weight is 832 g/mol. The van der Waals surface area contributed by atoms with Crippen molar-refractivity contribution >= 4 is 74.3 Å². The third kappa shape index (κ3) is 6.73. The highest BCUT2D eigenvalue weighted by Crippen LogP contribution is 2.50. The third-order valence-corrected chi connectivity index (χ3v) is 12.7. The Hall–Kier alpha value is -8.54. The first-order valence-electron chi connectivity index (χ1n) is 22.2. The van der Waals surface area contributed by atoms with E-state index >= 15 is 0 Å². The number of ether oxygens (including phenoxy) is 1. The van der Waals surface area contributed by atoms with Gasteiger partial charge in [0.1, 0.15) is 11.5 Å². The molecule has 5 heteroatoms. The van der Waals surface area contributed by atoms with Crippen molar-refractivity contribution in [1.82, 2.24) is 0 Å². The lowest BCUT2D eigenvalue weighted by atomic mass is 9.34. The lowest BCUT2D eigenvalue weighted by Gasteiger charge is -2.42. The lowest BCUT2D eigenvalue weighted by Crippen LogP contribution is -2.59. The van der Waals surface area contributed by atoms with Crippen molar-refractivity contribution in [2.45, 2.75) is 0 Å². The van der Waals surface area contributed by atoms with E-state index in [-0.39, 0.29) is 6.71 Å². The molecule has 0 atom stereocenters. The van der Waals surface area contributed by atoms with Crippen LogP contribution in [0.4, 0.5) is 51.2 Å². The number of rotatable bonds is 9. The molecule has 0 amide bonds. The summed E-state index contributed by atoms with van der Waals surface area (Å²) < 4.78 is 7.13. The van der Waals surface area contributed by atoms with Gasteiger partial charge >= 0.3 is 0 Å². The maximum absolute atomic E-state index is 7.13. The van der Waals surface area contributed by atoms with Gasteiger partial charge in [-0.1, -0.05) is 170 Å². The Balaban J connectivity index is 1.12. The molecule has 0 aliphatic carbocycles. The summed E-state index contributed by atoms with van der Waals surface area (Å²) in [6, 6.07) is 91.1. The minimum absolute atomic E-state index is 0.104. The van der Waals surface area contributed by atoms with Crippen LogP contribution in [-0.2, 0) is 0 Å². The molecular weight excluding hydrogens is 789 g/mol. The Labute approximate surface area is 380 Å². The summed E-state index contributed by atoms with van der Waals surface area (Å²) in [5.74, 6) is 1.71. The zero-order valence-electron chi connectivity index (χ0n) is 35.6. The normalized spacial score (nSPS) is 12.1. The predicted molar refractivity (Wildman–Crippen MR) is 273 cm³/mol. The minimum Gasteiger partial charge on any atom is -0.458 e. The number of benzene rings is 10. The van der Waals surface area contributed by atoms with Crippen LogP contribution in [0, 0.1) is 0 Å². The molecule has 0 saturated heterocycles. The van der Waals surface area contributed by atoms with E-state index in [0.29, 0.717) is 0 Å². The molecule has 2 heterocycles. The van der Waals surface area contributed by atoms with Gasteiger partial charge in [-0.25, -0.2) is 0 Å². The number of anilines is 9. The molecule has 0 fully saturated rings. The summed E-state index contributed by atoms with van der Waals surface area (Å²) in [6.45, 7) is -0.104. The summed E-state index contributed by atoms with van der Waals surface area (Å²) in [4.78, 5) is 7.17. The van der Waals surface area contributed by atoms with Gasteiger partial charge in [0.05, 0.1) is 5.69 Å². The van der Waals surface area contributed by atoms with Crippen molar-refractivity contribution < 1.29 is 4.74 Å². The van der Waals surface area contributed by atoms with E-state index < -0.39 is 0 Å². The SMILES string of the molecule is c1ccc(-c2cccc(-c3ccccc3)c2N2c3cc(N(c4ccccc4)c4ccccc4)ccc3B3c4ccc(N(c5ccccc5)c5ccccc5)cc4Oc4cccc2c43)cc1. The van der Waals surface area contributed by atoms with E-state index in [1.54, 1.807) is 0 Å². The molecule has 2 aliphatic rings. The molecule has 0 bridgehead atoms. The van der Waals surface area contributed by atoms with Crippen LogP contribution in [0.3, 0.4) is 0 Å². The summed E-state index contributed by atoms with van der Waals surface area (Å²) in [6.07, 6.45) is 0. The van der Waals surface area contributed by atoms with Crippen molar-refractivity contribution in [2.75, 3.05) is 14.7 Å². The first-order chi connectivity index (χ1) is 32.3. The van der Waals surface area contributed by atoms with Crippen LogP contribution >= 0.6 is 0 Å². The highest BCUT2D eigenvalue weighted by molar-refractivity contribution is 6.99. The Morgan fingerprint density at radius 1 is 0.323 bits per heavy atom. The molecule has 0 spiro atoms. The fraction of sp³-hybridized carbons (Fsp3) is 0. The summed E-state index contributed by atoms with van der Waals surface area (Å²) in [7, 11) is 0. The van der Waals surface area contributed by atoms with Gasteiger partial charge in [-0.2, -0.15) is 0 Å². The fourth-order valence-electron chi connectivity index (χ4n) is 9.86. The predicted octanol–water partition coefficient (Wildman–Crippen LogP) is 14.4. The van der Waals surface area contributed by atoms with E-state index in [1.165, 1.54) is 5.46 Å². The van der Waals surface area contributed by atoms with E-state index in [0.717, 1.165) is 95.9 Å². The van der Waals surface area contributed by atoms with Crippen LogP contribution in [0.15, 0.2) is 255 Å². The first-order valence-corrected chi connectivity index (χ1v) is 22.2. The van der Waals surface area contributed by atoms with Crippen molar-refractivity contribution in [2.24, 2.45) is 0 Å². The Morgan fingerprint density at radius 3 is 1.25 bits per heavy atom.